The molecule has 9 heteroatoms. The third-order valence-electron chi connectivity index (χ3n) is 3.79. The first-order valence-corrected chi connectivity index (χ1v) is 9.00. The molecule has 4 nitrogen and oxygen atoms in total. The van der Waals surface area contributed by atoms with E-state index in [2.05, 4.69) is 4.98 Å². The van der Waals surface area contributed by atoms with Gasteiger partial charge in [0.25, 0.3) is 5.91 Å². The van der Waals surface area contributed by atoms with Crippen LogP contribution < -0.4 is 10.1 Å². The number of rotatable bonds is 6. The van der Waals surface area contributed by atoms with E-state index in [9.17, 15) is 22.4 Å². The predicted molar refractivity (Wildman–Crippen MR) is 95.6 cm³/mol. The lowest BCUT2D eigenvalue weighted by Gasteiger charge is -2.22. The Bertz CT molecular complexity index is 911. The van der Waals surface area contributed by atoms with E-state index in [-0.39, 0.29) is 17.7 Å². The molecule has 0 saturated heterocycles. The Morgan fingerprint density at radius 1 is 1.11 bits per heavy atom. The number of carbonyl (C=O) groups excluding carboxylic acids is 1. The number of nitrogens with zero attached hydrogens (tertiary/aromatic N) is 1. The molecule has 1 unspecified atom stereocenters. The summed E-state index contributed by atoms with van der Waals surface area (Å²) in [6.45, 7) is 0.246. The normalized spacial score (nSPS) is 12.4. The first-order chi connectivity index (χ1) is 13.3. The molecule has 0 bridgehead atoms. The molecule has 2 aromatic carbocycles. The number of nitrogens with one attached hydrogen (secondary N) is 1. The minimum absolute atomic E-state index is 0.0392. The smallest absolute Gasteiger partial charge is 0.412 e. The van der Waals surface area contributed by atoms with Gasteiger partial charge in [-0.2, -0.15) is 13.2 Å². The van der Waals surface area contributed by atoms with Crippen molar-refractivity contribution in [2.75, 3.05) is 0 Å². The molecule has 1 atom stereocenters. The van der Waals surface area contributed by atoms with E-state index >= 15 is 0 Å². The highest BCUT2D eigenvalue weighted by molar-refractivity contribution is 7.07. The van der Waals surface area contributed by atoms with Gasteiger partial charge in [0.15, 0.2) is 6.04 Å². The van der Waals surface area contributed by atoms with Crippen LogP contribution in [0.15, 0.2) is 59.4 Å². The van der Waals surface area contributed by atoms with Gasteiger partial charge < -0.3 is 10.1 Å². The molecule has 0 aliphatic carbocycles. The number of ether oxygens (including phenoxy) is 1. The maximum atomic E-state index is 13.3. The fourth-order valence-electron chi connectivity index (χ4n) is 2.39. The number of alkyl halides is 3. The second-order valence-corrected chi connectivity index (χ2v) is 6.51. The number of carbonyl (C=O) groups is 1. The summed E-state index contributed by atoms with van der Waals surface area (Å²) < 4.78 is 58.5. The van der Waals surface area contributed by atoms with Gasteiger partial charge in [-0.25, -0.2) is 9.37 Å². The van der Waals surface area contributed by atoms with Crippen molar-refractivity contribution in [2.24, 2.45) is 0 Å². The Kier molecular flexibility index (Phi) is 5.93. The van der Waals surface area contributed by atoms with E-state index in [4.69, 9.17) is 4.74 Å². The van der Waals surface area contributed by atoms with E-state index in [1.165, 1.54) is 35.6 Å². The Hall–Kier alpha value is -2.94. The maximum absolute atomic E-state index is 13.3. The van der Waals surface area contributed by atoms with Crippen LogP contribution in [-0.2, 0) is 6.61 Å². The molecule has 0 saturated carbocycles. The molecule has 146 valence electrons. The lowest BCUT2D eigenvalue weighted by atomic mass is 10.1. The van der Waals surface area contributed by atoms with Crippen molar-refractivity contribution in [3.05, 3.63) is 82.1 Å². The van der Waals surface area contributed by atoms with Gasteiger partial charge in [0.05, 0.1) is 11.2 Å². The molecule has 28 heavy (non-hydrogen) atoms. The molecular formula is C19H14F4N2O2S. The van der Waals surface area contributed by atoms with Gasteiger partial charge in [0.1, 0.15) is 18.2 Å². The van der Waals surface area contributed by atoms with Crippen molar-refractivity contribution in [2.45, 2.75) is 18.8 Å². The van der Waals surface area contributed by atoms with Crippen LogP contribution in [0.3, 0.4) is 0 Å². The van der Waals surface area contributed by atoms with Crippen molar-refractivity contribution < 1.29 is 27.1 Å². The number of aromatic nitrogens is 1. The van der Waals surface area contributed by atoms with E-state index in [0.29, 0.717) is 5.75 Å². The van der Waals surface area contributed by atoms with Gasteiger partial charge in [-0.05, 0) is 42.0 Å². The zero-order chi connectivity index (χ0) is 20.1. The summed E-state index contributed by atoms with van der Waals surface area (Å²) in [4.78, 5) is 16.3. The maximum Gasteiger partial charge on any atom is 0.412 e. The molecule has 0 aliphatic rings. The van der Waals surface area contributed by atoms with Crippen LogP contribution in [0.5, 0.6) is 5.75 Å². The molecule has 1 aromatic heterocycles. The molecule has 3 aromatic rings. The minimum Gasteiger partial charge on any atom is -0.487 e. The van der Waals surface area contributed by atoms with Crippen LogP contribution in [0.2, 0.25) is 0 Å². The van der Waals surface area contributed by atoms with Crippen LogP contribution in [0.4, 0.5) is 17.6 Å². The zero-order valence-electron chi connectivity index (χ0n) is 14.2. The summed E-state index contributed by atoms with van der Waals surface area (Å²) in [7, 11) is 0. The Labute approximate surface area is 161 Å². The van der Waals surface area contributed by atoms with Crippen molar-refractivity contribution in [1.29, 1.82) is 0 Å². The van der Waals surface area contributed by atoms with Crippen molar-refractivity contribution in [1.82, 2.24) is 10.3 Å². The van der Waals surface area contributed by atoms with E-state index in [0.717, 1.165) is 30.0 Å². The van der Waals surface area contributed by atoms with Gasteiger partial charge in [-0.1, -0.05) is 12.1 Å². The van der Waals surface area contributed by atoms with Gasteiger partial charge in [0.2, 0.25) is 0 Å². The third-order valence-corrected chi connectivity index (χ3v) is 4.43. The highest BCUT2D eigenvalue weighted by atomic mass is 32.1. The van der Waals surface area contributed by atoms with E-state index in [1.807, 2.05) is 10.7 Å². The largest absolute Gasteiger partial charge is 0.487 e. The molecule has 1 N–H and O–H groups in total. The fraction of sp³-hybridized carbons (Fsp3) is 0.158. The minimum atomic E-state index is -4.73. The highest BCUT2D eigenvalue weighted by Crippen LogP contribution is 2.33. The molecule has 0 aliphatic heterocycles. The molecule has 3 rings (SSSR count). The second kappa shape index (κ2) is 8.39. The van der Waals surface area contributed by atoms with Crippen LogP contribution in [0.25, 0.3) is 0 Å². The van der Waals surface area contributed by atoms with Gasteiger partial charge in [-0.3, -0.25) is 4.79 Å². The van der Waals surface area contributed by atoms with Gasteiger partial charge in [0, 0.05) is 10.9 Å². The topological polar surface area (TPSA) is 51.2 Å². The third kappa shape index (κ3) is 5.07. The molecule has 0 radical (unpaired) electrons. The number of thiazole rings is 1. The predicted octanol–water partition coefficient (Wildman–Crippen LogP) is 4.89. The Balaban J connectivity index is 1.68. The SMILES string of the molecule is O=C(NC(c1ccc(F)cc1)C(F)(F)F)c1ccc(OCc2cscn2)cc1. The highest BCUT2D eigenvalue weighted by Gasteiger charge is 2.42. The van der Waals surface area contributed by atoms with E-state index in [1.54, 1.807) is 5.51 Å². The molecular weight excluding hydrogens is 396 g/mol. The molecule has 1 amide bonds. The van der Waals surface area contributed by atoms with Crippen LogP contribution in [0.1, 0.15) is 27.7 Å². The van der Waals surface area contributed by atoms with Crippen LogP contribution in [-0.4, -0.2) is 17.1 Å². The standard InChI is InChI=1S/C19H14F4N2O2S/c20-14-5-1-12(2-6-14)17(19(21,22)23)25-18(26)13-3-7-16(8-4-13)27-9-15-10-28-11-24-15/h1-8,10-11,17H,9H2,(H,25,26). The Morgan fingerprint density at radius 3 is 2.36 bits per heavy atom. The summed E-state index contributed by atoms with van der Waals surface area (Å²) in [6, 6.07) is 7.26. The summed E-state index contributed by atoms with van der Waals surface area (Å²) >= 11 is 1.43. The Morgan fingerprint density at radius 2 is 1.79 bits per heavy atom. The summed E-state index contributed by atoms with van der Waals surface area (Å²) in [5.41, 5.74) is 2.20. The molecule has 0 fully saturated rings. The second-order valence-electron chi connectivity index (χ2n) is 5.79. The van der Waals surface area contributed by atoms with Gasteiger partial charge in [-0.15, -0.1) is 11.3 Å². The number of amides is 1. The fourth-order valence-corrected chi connectivity index (χ4v) is 2.94. The monoisotopic (exact) mass is 410 g/mol. The lowest BCUT2D eigenvalue weighted by molar-refractivity contribution is -0.155. The number of hydrogen-bond donors (Lipinski definition) is 1. The lowest BCUT2D eigenvalue weighted by Crippen LogP contribution is -2.38. The van der Waals surface area contributed by atoms with E-state index < -0.39 is 23.9 Å². The van der Waals surface area contributed by atoms with Crippen molar-refractivity contribution in [3.8, 4) is 5.75 Å². The van der Waals surface area contributed by atoms with Gasteiger partial charge >= 0.3 is 6.18 Å². The summed E-state index contributed by atoms with van der Waals surface area (Å²) in [5.74, 6) is -1.11. The summed E-state index contributed by atoms with van der Waals surface area (Å²) in [6.07, 6.45) is -4.73. The zero-order valence-corrected chi connectivity index (χ0v) is 15.1. The first-order valence-electron chi connectivity index (χ1n) is 8.06. The molecule has 0 spiro atoms. The number of benzene rings is 2. The van der Waals surface area contributed by atoms with Crippen LogP contribution in [0, 0.1) is 5.82 Å². The quantitative estimate of drug-likeness (QED) is 0.589. The number of halogens is 4. The average Bonchev–Trinajstić information content (AvgIpc) is 3.18. The summed E-state index contributed by atoms with van der Waals surface area (Å²) in [5, 5.41) is 3.77. The average molecular weight is 410 g/mol. The number of hydrogen-bond acceptors (Lipinski definition) is 4. The molecule has 1 heterocycles. The van der Waals surface area contributed by atoms with Crippen molar-refractivity contribution >= 4 is 17.2 Å². The van der Waals surface area contributed by atoms with Crippen LogP contribution >= 0.6 is 11.3 Å². The van der Waals surface area contributed by atoms with Crippen molar-refractivity contribution in [3.63, 3.8) is 0 Å². The first kappa shape index (κ1) is 19.8.